The number of nitrogens with zero attached hydrogens (tertiary/aromatic N) is 1. The molecular formula is C9H6N. The minimum absolute atomic E-state index is 1.03. The molecule has 1 heteroatoms. The second kappa shape index (κ2) is 2.10. The monoisotopic (exact) mass is 128 g/mol. The standard InChI is InChI=1S/C9H6N/c1-2-4-8-6-7-10-9(8)5-3-1/h1,3-7H. The van der Waals surface area contributed by atoms with Crippen molar-refractivity contribution in [2.45, 2.75) is 0 Å². The van der Waals surface area contributed by atoms with Gasteiger partial charge >= 0.3 is 0 Å². The highest BCUT2D eigenvalue weighted by Crippen LogP contribution is 2.15. The summed E-state index contributed by atoms with van der Waals surface area (Å²) in [5.41, 5.74) is 2.17. The van der Waals surface area contributed by atoms with Gasteiger partial charge in [-0.15, -0.1) is 0 Å². The van der Waals surface area contributed by atoms with Crippen molar-refractivity contribution in [3.8, 4) is 11.3 Å². The van der Waals surface area contributed by atoms with Crippen LogP contribution in [0.4, 0.5) is 0 Å². The van der Waals surface area contributed by atoms with Crippen LogP contribution in [0.3, 0.4) is 0 Å². The molecule has 0 atom stereocenters. The van der Waals surface area contributed by atoms with Crippen LogP contribution in [-0.4, -0.2) is 4.98 Å². The fourth-order valence-corrected chi connectivity index (χ4v) is 0.952. The van der Waals surface area contributed by atoms with Crippen LogP contribution >= 0.6 is 0 Å². The van der Waals surface area contributed by atoms with Gasteiger partial charge in [-0.2, -0.15) is 0 Å². The van der Waals surface area contributed by atoms with Crippen LogP contribution in [0.1, 0.15) is 0 Å². The van der Waals surface area contributed by atoms with E-state index in [1.807, 2.05) is 30.3 Å². The van der Waals surface area contributed by atoms with Crippen molar-refractivity contribution >= 4 is 0 Å². The zero-order valence-electron chi connectivity index (χ0n) is 5.41. The van der Waals surface area contributed by atoms with Crippen molar-refractivity contribution in [1.29, 1.82) is 0 Å². The highest BCUT2D eigenvalue weighted by molar-refractivity contribution is 5.59. The maximum Gasteiger partial charge on any atom is 0.0702 e. The van der Waals surface area contributed by atoms with Gasteiger partial charge in [0, 0.05) is 11.8 Å². The molecule has 1 nitrogen and oxygen atoms in total. The first-order valence-corrected chi connectivity index (χ1v) is 3.18. The van der Waals surface area contributed by atoms with Crippen molar-refractivity contribution in [3.05, 3.63) is 42.6 Å². The Labute approximate surface area is 59.7 Å². The Balaban J connectivity index is 2.74. The average Bonchev–Trinajstić information content (AvgIpc) is 2.28. The van der Waals surface area contributed by atoms with E-state index in [1.165, 1.54) is 0 Å². The summed E-state index contributed by atoms with van der Waals surface area (Å²) < 4.78 is 0. The third kappa shape index (κ3) is 0.760. The quantitative estimate of drug-likeness (QED) is 0.528. The topological polar surface area (TPSA) is 12.9 Å². The Bertz CT molecular complexity index is 276. The van der Waals surface area contributed by atoms with E-state index < -0.39 is 0 Å². The van der Waals surface area contributed by atoms with Crippen LogP contribution in [-0.2, 0) is 0 Å². The normalized spacial score (nSPS) is 10.0. The number of rotatable bonds is 0. The number of fused-ring (bicyclic) bond motifs is 1. The fraction of sp³-hybridized carbons (Fsp3) is 0. The molecule has 0 spiro atoms. The van der Waals surface area contributed by atoms with Gasteiger partial charge in [-0.1, -0.05) is 12.1 Å². The molecule has 0 bridgehead atoms. The summed E-state index contributed by atoms with van der Waals surface area (Å²) in [5, 5.41) is 0. The number of hydrogen-bond donors (Lipinski definition) is 0. The van der Waals surface area contributed by atoms with E-state index in [2.05, 4.69) is 11.1 Å². The predicted molar refractivity (Wildman–Crippen MR) is 39.7 cm³/mol. The van der Waals surface area contributed by atoms with Crippen LogP contribution in [0.15, 0.2) is 36.5 Å². The summed E-state index contributed by atoms with van der Waals surface area (Å²) >= 11 is 0. The molecule has 1 aliphatic heterocycles. The van der Waals surface area contributed by atoms with Crippen LogP contribution in [0.2, 0.25) is 0 Å². The van der Waals surface area contributed by atoms with Gasteiger partial charge < -0.3 is 0 Å². The molecule has 0 fully saturated rings. The molecule has 0 N–H and O–H groups in total. The van der Waals surface area contributed by atoms with Crippen LogP contribution in [0.25, 0.3) is 11.3 Å². The number of hydrogen-bond acceptors (Lipinski definition) is 1. The highest BCUT2D eigenvalue weighted by Gasteiger charge is 1.96. The molecule has 0 aromatic heterocycles. The predicted octanol–water partition coefficient (Wildman–Crippen LogP) is 1.99. The molecule has 0 aromatic rings. The third-order valence-electron chi connectivity index (χ3n) is 1.45. The molecular weight excluding hydrogens is 122 g/mol. The van der Waals surface area contributed by atoms with Gasteiger partial charge in [0.05, 0.1) is 5.69 Å². The van der Waals surface area contributed by atoms with E-state index in [9.17, 15) is 0 Å². The fourth-order valence-electron chi connectivity index (χ4n) is 0.952. The zero-order chi connectivity index (χ0) is 6.81. The summed E-state index contributed by atoms with van der Waals surface area (Å²) in [4.78, 5) is 4.14. The van der Waals surface area contributed by atoms with Gasteiger partial charge in [-0.05, 0) is 24.3 Å². The Hall–Kier alpha value is -1.37. The van der Waals surface area contributed by atoms with Crippen molar-refractivity contribution in [2.75, 3.05) is 0 Å². The lowest BCUT2D eigenvalue weighted by Gasteiger charge is -1.83. The molecule has 0 unspecified atom stereocenters. The van der Waals surface area contributed by atoms with Crippen LogP contribution in [0, 0.1) is 6.07 Å². The molecule has 1 radical (unpaired) electrons. The first-order chi connectivity index (χ1) is 4.97. The lowest BCUT2D eigenvalue weighted by atomic mass is 10.2. The molecule has 0 aromatic carbocycles. The third-order valence-corrected chi connectivity index (χ3v) is 1.45. The summed E-state index contributed by atoms with van der Waals surface area (Å²) in [7, 11) is 0. The zero-order valence-corrected chi connectivity index (χ0v) is 5.41. The van der Waals surface area contributed by atoms with Crippen molar-refractivity contribution in [3.63, 3.8) is 0 Å². The van der Waals surface area contributed by atoms with Gasteiger partial charge in [-0.25, -0.2) is 0 Å². The van der Waals surface area contributed by atoms with Crippen molar-refractivity contribution in [1.82, 2.24) is 4.98 Å². The van der Waals surface area contributed by atoms with Crippen LogP contribution < -0.4 is 0 Å². The lowest BCUT2D eigenvalue weighted by Crippen LogP contribution is -1.65. The van der Waals surface area contributed by atoms with E-state index >= 15 is 0 Å². The van der Waals surface area contributed by atoms with E-state index in [0.717, 1.165) is 11.3 Å². The summed E-state index contributed by atoms with van der Waals surface area (Å²) in [6.07, 6.45) is 1.80. The lowest BCUT2D eigenvalue weighted by molar-refractivity contribution is 1.42. The first-order valence-electron chi connectivity index (χ1n) is 3.18. The number of aromatic nitrogens is 1. The minimum Gasteiger partial charge on any atom is -0.256 e. The molecule has 0 amide bonds. The average molecular weight is 128 g/mol. The van der Waals surface area contributed by atoms with E-state index in [0.29, 0.717) is 0 Å². The van der Waals surface area contributed by atoms with Gasteiger partial charge in [-0.3, -0.25) is 4.98 Å². The Morgan fingerprint density at radius 1 is 1.30 bits per heavy atom. The molecule has 1 heterocycles. The van der Waals surface area contributed by atoms with Gasteiger partial charge in [0.25, 0.3) is 0 Å². The molecule has 2 rings (SSSR count). The van der Waals surface area contributed by atoms with Crippen molar-refractivity contribution in [2.24, 2.45) is 0 Å². The van der Waals surface area contributed by atoms with E-state index in [4.69, 9.17) is 0 Å². The van der Waals surface area contributed by atoms with Gasteiger partial charge in [0.1, 0.15) is 0 Å². The summed E-state index contributed by atoms with van der Waals surface area (Å²) in [6.45, 7) is 0. The largest absolute Gasteiger partial charge is 0.256 e. The molecule has 2 aliphatic rings. The Morgan fingerprint density at radius 2 is 2.30 bits per heavy atom. The smallest absolute Gasteiger partial charge is 0.0702 e. The van der Waals surface area contributed by atoms with Gasteiger partial charge in [0.2, 0.25) is 0 Å². The van der Waals surface area contributed by atoms with Crippen molar-refractivity contribution < 1.29 is 0 Å². The second-order valence-corrected chi connectivity index (χ2v) is 2.12. The second-order valence-electron chi connectivity index (χ2n) is 2.12. The van der Waals surface area contributed by atoms with Gasteiger partial charge in [0.15, 0.2) is 0 Å². The highest BCUT2D eigenvalue weighted by atomic mass is 14.7. The summed E-state index contributed by atoms with van der Waals surface area (Å²) in [6, 6.07) is 12.7. The molecule has 0 saturated heterocycles. The van der Waals surface area contributed by atoms with E-state index in [-0.39, 0.29) is 0 Å². The molecule has 0 saturated carbocycles. The maximum atomic E-state index is 4.14. The molecule has 1 aliphatic carbocycles. The maximum absolute atomic E-state index is 4.14. The minimum atomic E-state index is 1.03. The summed E-state index contributed by atoms with van der Waals surface area (Å²) in [5.74, 6) is 0. The Morgan fingerprint density at radius 3 is 3.30 bits per heavy atom. The molecule has 47 valence electrons. The van der Waals surface area contributed by atoms with E-state index in [1.54, 1.807) is 6.20 Å². The first kappa shape index (κ1) is 5.42. The molecule has 10 heavy (non-hydrogen) atoms. The van der Waals surface area contributed by atoms with Crippen LogP contribution in [0.5, 0.6) is 0 Å². The Kier molecular flexibility index (Phi) is 1.14. The SMILES string of the molecule is [c]1cccc2nccc-2c1.